The number of hydrogen-bond acceptors (Lipinski definition) is 5. The Labute approximate surface area is 192 Å². The van der Waals surface area contributed by atoms with Crippen molar-refractivity contribution >= 4 is 23.4 Å². The number of rotatable bonds is 4. The molecule has 166 valence electrons. The van der Waals surface area contributed by atoms with Gasteiger partial charge < -0.3 is 14.5 Å². The van der Waals surface area contributed by atoms with Crippen molar-refractivity contribution in [1.29, 1.82) is 0 Å². The lowest BCUT2D eigenvalue weighted by atomic mass is 9.72. The van der Waals surface area contributed by atoms with Crippen LogP contribution in [0, 0.1) is 0 Å². The third-order valence-corrected chi connectivity index (χ3v) is 7.13. The van der Waals surface area contributed by atoms with Crippen LogP contribution in [0.5, 0.6) is 0 Å². The number of hydrogen-bond donors (Lipinski definition) is 1. The molecule has 2 atom stereocenters. The van der Waals surface area contributed by atoms with Crippen molar-refractivity contribution in [3.8, 4) is 0 Å². The Bertz CT molecular complexity index is 1110. The van der Waals surface area contributed by atoms with E-state index < -0.39 is 5.92 Å². The summed E-state index contributed by atoms with van der Waals surface area (Å²) in [6.45, 7) is 1.87. The summed E-state index contributed by atoms with van der Waals surface area (Å²) in [6.07, 6.45) is 6.47. The lowest BCUT2D eigenvalue weighted by Crippen LogP contribution is -2.36. The molecule has 1 aliphatic heterocycles. The average molecular weight is 452 g/mol. The average Bonchev–Trinajstić information content (AvgIpc) is 3.47. The predicted molar refractivity (Wildman–Crippen MR) is 121 cm³/mol. The lowest BCUT2D eigenvalue weighted by molar-refractivity contribution is -0.144. The van der Waals surface area contributed by atoms with Gasteiger partial charge in [0.15, 0.2) is 5.78 Å². The smallest absolute Gasteiger partial charge is 0.337 e. The quantitative estimate of drug-likeness (QED) is 0.596. The normalized spacial score (nSPS) is 23.9. The number of ether oxygens (including phenoxy) is 1. The number of esters is 1. The Morgan fingerprint density at radius 1 is 1.12 bits per heavy atom. The minimum Gasteiger partial charge on any atom is -0.469 e. The van der Waals surface area contributed by atoms with E-state index in [1.807, 2.05) is 37.3 Å². The number of Topliss-reactive ketones (excluding diaryl/α,β-unsaturated/α-hetero) is 1. The molecule has 1 aromatic carbocycles. The van der Waals surface area contributed by atoms with Gasteiger partial charge in [0.05, 0.1) is 11.8 Å². The molecule has 0 radical (unpaired) electrons. The van der Waals surface area contributed by atoms with E-state index in [2.05, 4.69) is 5.32 Å². The minimum atomic E-state index is -0.543. The molecule has 0 amide bonds. The van der Waals surface area contributed by atoms with Crippen LogP contribution in [0.2, 0.25) is 5.02 Å². The highest BCUT2D eigenvalue weighted by Gasteiger charge is 2.43. The highest BCUT2D eigenvalue weighted by atomic mass is 35.5. The fourth-order valence-electron chi connectivity index (χ4n) is 5.28. The molecule has 6 heteroatoms. The predicted octanol–water partition coefficient (Wildman–Crippen LogP) is 5.78. The topological polar surface area (TPSA) is 68.5 Å². The van der Waals surface area contributed by atoms with Gasteiger partial charge in [-0.15, -0.1) is 0 Å². The van der Waals surface area contributed by atoms with Gasteiger partial charge in [-0.3, -0.25) is 4.79 Å². The summed E-state index contributed by atoms with van der Waals surface area (Å²) < 4.78 is 11.5. The second kappa shape index (κ2) is 8.62. The van der Waals surface area contributed by atoms with E-state index in [4.69, 9.17) is 20.8 Å². The van der Waals surface area contributed by atoms with Gasteiger partial charge in [0.1, 0.15) is 11.9 Å². The molecule has 32 heavy (non-hydrogen) atoms. The van der Waals surface area contributed by atoms with Crippen molar-refractivity contribution < 1.29 is 18.7 Å². The molecule has 3 aliphatic rings. The first-order valence-corrected chi connectivity index (χ1v) is 11.6. The van der Waals surface area contributed by atoms with Gasteiger partial charge in [0, 0.05) is 40.2 Å². The lowest BCUT2D eigenvalue weighted by Gasteiger charge is -2.36. The zero-order valence-corrected chi connectivity index (χ0v) is 18.8. The summed E-state index contributed by atoms with van der Waals surface area (Å²) in [5.41, 5.74) is 3.40. The summed E-state index contributed by atoms with van der Waals surface area (Å²) in [5.74, 6) is -0.133. The van der Waals surface area contributed by atoms with E-state index in [-0.39, 0.29) is 23.8 Å². The Kier molecular flexibility index (Phi) is 5.68. The monoisotopic (exact) mass is 451 g/mol. The van der Waals surface area contributed by atoms with Crippen molar-refractivity contribution in [2.75, 3.05) is 0 Å². The van der Waals surface area contributed by atoms with Crippen LogP contribution in [-0.2, 0) is 14.3 Å². The molecule has 5 nitrogen and oxygen atoms in total. The molecular formula is C26H26ClNO4. The van der Waals surface area contributed by atoms with Crippen LogP contribution >= 0.6 is 11.6 Å². The van der Waals surface area contributed by atoms with E-state index in [9.17, 15) is 9.59 Å². The summed E-state index contributed by atoms with van der Waals surface area (Å²) >= 11 is 6.59. The SMILES string of the molecule is CC1=C(C(=O)OC2CCCC2)[C@H](c2ccccc2Cl)C2=C(C[C@H](c3ccco3)CC2=O)N1. The zero-order valence-electron chi connectivity index (χ0n) is 18.0. The van der Waals surface area contributed by atoms with Crippen molar-refractivity contribution in [2.45, 2.75) is 63.4 Å². The fraction of sp³-hybridized carbons (Fsp3) is 0.385. The third-order valence-electron chi connectivity index (χ3n) is 6.79. The van der Waals surface area contributed by atoms with E-state index >= 15 is 0 Å². The number of carbonyl (C=O) groups is 2. The van der Waals surface area contributed by atoms with Crippen LogP contribution in [-0.4, -0.2) is 17.9 Å². The summed E-state index contributed by atoms with van der Waals surface area (Å²) in [6, 6.07) is 11.2. The Balaban J connectivity index is 1.56. The summed E-state index contributed by atoms with van der Waals surface area (Å²) in [7, 11) is 0. The molecule has 1 N–H and O–H groups in total. The highest BCUT2D eigenvalue weighted by molar-refractivity contribution is 6.31. The van der Waals surface area contributed by atoms with Gasteiger partial charge in [-0.05, 0) is 62.8 Å². The Morgan fingerprint density at radius 3 is 2.62 bits per heavy atom. The minimum absolute atomic E-state index is 0.00346. The number of halogens is 1. The zero-order chi connectivity index (χ0) is 22.2. The van der Waals surface area contributed by atoms with Crippen molar-refractivity contribution in [3.63, 3.8) is 0 Å². The second-order valence-electron chi connectivity index (χ2n) is 8.87. The van der Waals surface area contributed by atoms with E-state index in [0.717, 1.165) is 42.7 Å². The van der Waals surface area contributed by atoms with Crippen LogP contribution in [0.4, 0.5) is 0 Å². The number of furan rings is 1. The molecule has 2 heterocycles. The maximum Gasteiger partial charge on any atom is 0.337 e. The maximum atomic E-state index is 13.5. The first-order valence-electron chi connectivity index (χ1n) is 11.3. The molecule has 0 saturated heterocycles. The number of allylic oxidation sites excluding steroid dienone is 3. The highest BCUT2D eigenvalue weighted by Crippen LogP contribution is 2.47. The number of ketones is 1. The Morgan fingerprint density at radius 2 is 1.91 bits per heavy atom. The van der Waals surface area contributed by atoms with Gasteiger partial charge in [-0.2, -0.15) is 0 Å². The summed E-state index contributed by atoms with van der Waals surface area (Å²) in [5, 5.41) is 3.90. The van der Waals surface area contributed by atoms with Gasteiger partial charge in [-0.25, -0.2) is 4.79 Å². The van der Waals surface area contributed by atoms with Crippen LogP contribution in [0.1, 0.15) is 68.6 Å². The van der Waals surface area contributed by atoms with Gasteiger partial charge in [0.25, 0.3) is 0 Å². The number of benzene rings is 1. The molecule has 5 rings (SSSR count). The standard InChI is InChI=1S/C26H26ClNO4/c1-15-23(26(30)32-17-7-2-3-8-17)24(18-9-4-5-10-19(18)27)25-20(28-15)13-16(14-21(25)29)22-11-6-12-31-22/h4-6,9-12,16-17,24,28H,2-3,7-8,13-14H2,1H3/t16-,24-/m0/s1. The molecular weight excluding hydrogens is 426 g/mol. The van der Waals surface area contributed by atoms with Gasteiger partial charge in [-0.1, -0.05) is 29.8 Å². The first-order chi connectivity index (χ1) is 15.5. The van der Waals surface area contributed by atoms with Crippen molar-refractivity contribution in [3.05, 3.63) is 81.5 Å². The van der Waals surface area contributed by atoms with Gasteiger partial charge in [0.2, 0.25) is 0 Å². The summed E-state index contributed by atoms with van der Waals surface area (Å²) in [4.78, 5) is 26.9. The molecule has 0 unspecified atom stereocenters. The van der Waals surface area contributed by atoms with E-state index in [1.54, 1.807) is 12.3 Å². The van der Waals surface area contributed by atoms with Gasteiger partial charge >= 0.3 is 5.97 Å². The fourth-order valence-corrected chi connectivity index (χ4v) is 5.52. The van der Waals surface area contributed by atoms with Crippen LogP contribution in [0.15, 0.2) is 69.6 Å². The first kappa shape index (κ1) is 21.1. The Hall–Kier alpha value is -2.79. The molecule has 2 aromatic rings. The maximum absolute atomic E-state index is 13.5. The molecule has 0 spiro atoms. The van der Waals surface area contributed by atoms with Crippen LogP contribution in [0.25, 0.3) is 0 Å². The van der Waals surface area contributed by atoms with Crippen molar-refractivity contribution in [2.24, 2.45) is 0 Å². The molecule has 1 aromatic heterocycles. The number of carbonyl (C=O) groups excluding carboxylic acids is 2. The van der Waals surface area contributed by atoms with Crippen molar-refractivity contribution in [1.82, 2.24) is 5.32 Å². The number of nitrogens with one attached hydrogen (secondary N) is 1. The largest absolute Gasteiger partial charge is 0.469 e. The van der Waals surface area contributed by atoms with Crippen LogP contribution in [0.3, 0.4) is 0 Å². The number of dihydropyridines is 1. The molecule has 1 saturated carbocycles. The second-order valence-corrected chi connectivity index (χ2v) is 9.27. The van der Waals surface area contributed by atoms with E-state index in [1.165, 1.54) is 0 Å². The molecule has 0 bridgehead atoms. The third kappa shape index (κ3) is 3.79. The molecule has 1 fully saturated rings. The molecule has 2 aliphatic carbocycles. The van der Waals surface area contributed by atoms with Crippen LogP contribution < -0.4 is 5.32 Å². The van der Waals surface area contributed by atoms with E-state index in [0.29, 0.717) is 34.7 Å².